The van der Waals surface area contributed by atoms with Gasteiger partial charge in [-0.15, -0.1) is 0 Å². The molecule has 0 fully saturated rings. The van der Waals surface area contributed by atoms with Gasteiger partial charge in [-0.3, -0.25) is 9.59 Å². The minimum absolute atomic E-state index is 0.0555. The number of unbranched alkanes of at least 4 members (excludes halogenated alkanes) is 12. The number of ether oxygens (including phenoxy) is 1. The molecule has 0 aromatic rings. The number of esters is 1. The van der Waals surface area contributed by atoms with Gasteiger partial charge in [0.15, 0.2) is 0 Å². The molecule has 0 aliphatic carbocycles. The van der Waals surface area contributed by atoms with Crippen LogP contribution in [0, 0.1) is 0 Å². The first-order valence-electron chi connectivity index (χ1n) is 18.9. The first-order valence-corrected chi connectivity index (χ1v) is 18.9. The number of allylic oxidation sites excluding steroid dienone is 12. The van der Waals surface area contributed by atoms with Gasteiger partial charge >= 0.3 is 11.9 Å². The zero-order chi connectivity index (χ0) is 33.6. The number of carboxylic acids is 1. The zero-order valence-corrected chi connectivity index (χ0v) is 29.9. The Morgan fingerprint density at radius 1 is 0.500 bits per heavy atom. The van der Waals surface area contributed by atoms with Crippen LogP contribution < -0.4 is 0 Å². The van der Waals surface area contributed by atoms with E-state index in [4.69, 9.17) is 9.84 Å². The Bertz CT molecular complexity index is 861. The number of hydrogen-bond donors (Lipinski definition) is 1. The van der Waals surface area contributed by atoms with Crippen LogP contribution in [-0.2, 0) is 14.3 Å². The van der Waals surface area contributed by atoms with E-state index in [-0.39, 0.29) is 12.1 Å². The summed E-state index contributed by atoms with van der Waals surface area (Å²) >= 11 is 0. The molecule has 0 aliphatic heterocycles. The molecule has 0 bridgehead atoms. The number of rotatable bonds is 33. The lowest BCUT2D eigenvalue weighted by molar-refractivity contribution is -0.149. The van der Waals surface area contributed by atoms with Crippen molar-refractivity contribution in [3.8, 4) is 0 Å². The van der Waals surface area contributed by atoms with Crippen molar-refractivity contribution in [1.29, 1.82) is 0 Å². The predicted molar refractivity (Wildman–Crippen MR) is 199 cm³/mol. The Morgan fingerprint density at radius 3 is 1.33 bits per heavy atom. The minimum Gasteiger partial charge on any atom is -0.481 e. The quantitative estimate of drug-likeness (QED) is 0.0441. The molecule has 0 amide bonds. The maximum atomic E-state index is 12.6. The molecule has 0 rings (SSSR count). The summed E-state index contributed by atoms with van der Waals surface area (Å²) in [5.41, 5.74) is 0. The summed E-state index contributed by atoms with van der Waals surface area (Å²) in [7, 11) is 0. The molecule has 262 valence electrons. The third-order valence-electron chi connectivity index (χ3n) is 7.96. The van der Waals surface area contributed by atoms with E-state index in [9.17, 15) is 9.59 Å². The van der Waals surface area contributed by atoms with E-state index in [1.54, 1.807) is 0 Å². The van der Waals surface area contributed by atoms with Crippen LogP contribution in [0.15, 0.2) is 72.9 Å². The molecule has 0 heterocycles. The smallest absolute Gasteiger partial charge is 0.306 e. The monoisotopic (exact) mass is 639 g/mol. The third kappa shape index (κ3) is 35.9. The van der Waals surface area contributed by atoms with E-state index in [0.717, 1.165) is 89.9 Å². The van der Waals surface area contributed by atoms with Crippen molar-refractivity contribution in [2.75, 3.05) is 0 Å². The van der Waals surface area contributed by atoms with Gasteiger partial charge in [0, 0.05) is 12.8 Å². The second-order valence-corrected chi connectivity index (χ2v) is 12.4. The largest absolute Gasteiger partial charge is 0.481 e. The van der Waals surface area contributed by atoms with Gasteiger partial charge in [-0.1, -0.05) is 157 Å². The number of aliphatic carboxylic acids is 1. The fraction of sp³-hybridized carbons (Fsp3) is 0.667. The first-order chi connectivity index (χ1) is 22.6. The minimum atomic E-state index is -0.690. The standard InChI is InChI=1S/C42H70O4/c1-3-5-7-9-11-12-13-14-15-16-17-18-19-20-21-22-27-31-35-39-42(45)46-40(36-32-28-10-8-6-4-2)37-33-29-25-23-24-26-30-34-38-41(43)44/h5,7,11-12,14-15,17-18,20-21,27,31,40H,3-4,6,8-10,13,16,19,22-26,28-30,32-39H2,1-2H3,(H,43,44)/b7-5-,12-11-,15-14-,18-17-,21-20-,31-27-. The van der Waals surface area contributed by atoms with Crippen LogP contribution in [0.25, 0.3) is 0 Å². The van der Waals surface area contributed by atoms with Gasteiger partial charge in [-0.2, -0.15) is 0 Å². The van der Waals surface area contributed by atoms with Gasteiger partial charge in [0.05, 0.1) is 0 Å². The fourth-order valence-corrected chi connectivity index (χ4v) is 5.21. The van der Waals surface area contributed by atoms with Crippen LogP contribution in [0.1, 0.15) is 174 Å². The maximum Gasteiger partial charge on any atom is 0.306 e. The van der Waals surface area contributed by atoms with E-state index in [2.05, 4.69) is 86.8 Å². The summed E-state index contributed by atoms with van der Waals surface area (Å²) in [4.78, 5) is 23.2. The normalized spacial score (nSPS) is 13.1. The molecule has 4 heteroatoms. The van der Waals surface area contributed by atoms with Crippen LogP contribution in [0.2, 0.25) is 0 Å². The van der Waals surface area contributed by atoms with Crippen molar-refractivity contribution < 1.29 is 19.4 Å². The van der Waals surface area contributed by atoms with Crippen LogP contribution in [0.4, 0.5) is 0 Å². The molecule has 0 radical (unpaired) electrons. The lowest BCUT2D eigenvalue weighted by atomic mass is 10.0. The second-order valence-electron chi connectivity index (χ2n) is 12.4. The zero-order valence-electron chi connectivity index (χ0n) is 29.9. The molecular weight excluding hydrogens is 568 g/mol. The Kier molecular flexibility index (Phi) is 34.7. The van der Waals surface area contributed by atoms with Crippen molar-refractivity contribution in [2.45, 2.75) is 180 Å². The molecule has 4 nitrogen and oxygen atoms in total. The summed E-state index contributed by atoms with van der Waals surface area (Å²) in [5, 5.41) is 8.72. The highest BCUT2D eigenvalue weighted by atomic mass is 16.5. The van der Waals surface area contributed by atoms with E-state index < -0.39 is 5.97 Å². The second kappa shape index (κ2) is 36.8. The fourth-order valence-electron chi connectivity index (χ4n) is 5.21. The molecule has 0 aliphatic rings. The van der Waals surface area contributed by atoms with Crippen molar-refractivity contribution in [3.63, 3.8) is 0 Å². The summed E-state index contributed by atoms with van der Waals surface area (Å²) in [6, 6.07) is 0. The van der Waals surface area contributed by atoms with E-state index in [1.807, 2.05) is 0 Å². The molecule has 0 aromatic carbocycles. The highest BCUT2D eigenvalue weighted by Gasteiger charge is 2.14. The number of carbonyl (C=O) groups excluding carboxylic acids is 1. The maximum absolute atomic E-state index is 12.6. The van der Waals surface area contributed by atoms with Gasteiger partial charge < -0.3 is 9.84 Å². The first kappa shape index (κ1) is 43.4. The van der Waals surface area contributed by atoms with Gasteiger partial charge in [0.1, 0.15) is 6.10 Å². The van der Waals surface area contributed by atoms with E-state index in [1.165, 1.54) is 57.8 Å². The Morgan fingerprint density at radius 2 is 0.891 bits per heavy atom. The van der Waals surface area contributed by atoms with Crippen LogP contribution >= 0.6 is 0 Å². The van der Waals surface area contributed by atoms with Crippen molar-refractivity contribution >= 4 is 11.9 Å². The van der Waals surface area contributed by atoms with E-state index >= 15 is 0 Å². The Hall–Kier alpha value is -2.62. The molecule has 1 unspecified atom stereocenters. The van der Waals surface area contributed by atoms with Gasteiger partial charge in [-0.05, 0) is 77.0 Å². The van der Waals surface area contributed by atoms with Crippen LogP contribution in [-0.4, -0.2) is 23.1 Å². The molecule has 0 aromatic heterocycles. The van der Waals surface area contributed by atoms with Gasteiger partial charge in [-0.25, -0.2) is 0 Å². The Labute approximate surface area is 284 Å². The van der Waals surface area contributed by atoms with Crippen molar-refractivity contribution in [2.24, 2.45) is 0 Å². The molecule has 1 N–H and O–H groups in total. The topological polar surface area (TPSA) is 63.6 Å². The van der Waals surface area contributed by atoms with Gasteiger partial charge in [0.2, 0.25) is 0 Å². The van der Waals surface area contributed by atoms with Crippen molar-refractivity contribution in [1.82, 2.24) is 0 Å². The number of carbonyl (C=O) groups is 2. The Balaban J connectivity index is 4.12. The van der Waals surface area contributed by atoms with Crippen LogP contribution in [0.3, 0.4) is 0 Å². The molecule has 0 saturated carbocycles. The summed E-state index contributed by atoms with van der Waals surface area (Å²) in [6.45, 7) is 4.40. The molecule has 0 spiro atoms. The molecule has 1 atom stereocenters. The number of hydrogen-bond acceptors (Lipinski definition) is 3. The van der Waals surface area contributed by atoms with Gasteiger partial charge in [0.25, 0.3) is 0 Å². The highest BCUT2D eigenvalue weighted by Crippen LogP contribution is 2.18. The lowest BCUT2D eigenvalue weighted by Crippen LogP contribution is -2.18. The summed E-state index contributed by atoms with van der Waals surface area (Å²) in [6.07, 6.45) is 52.2. The number of carboxylic acid groups (broad SMARTS) is 1. The van der Waals surface area contributed by atoms with E-state index in [0.29, 0.717) is 12.8 Å². The summed E-state index contributed by atoms with van der Waals surface area (Å²) < 4.78 is 5.95. The third-order valence-corrected chi connectivity index (χ3v) is 7.96. The molecule has 0 saturated heterocycles. The predicted octanol–water partition coefficient (Wildman–Crippen LogP) is 13.1. The SMILES string of the molecule is CC/C=C\C/C=C\C/C=C\C/C=C\C/C=C\C/C=C\CCC(=O)OC(CCCCCCCC)CCCCCCCCCCC(=O)O. The highest BCUT2D eigenvalue weighted by molar-refractivity contribution is 5.69. The lowest BCUT2D eigenvalue weighted by Gasteiger charge is -2.18. The molecular formula is C42H70O4. The van der Waals surface area contributed by atoms with Crippen molar-refractivity contribution in [3.05, 3.63) is 72.9 Å². The average Bonchev–Trinajstić information content (AvgIpc) is 3.04. The molecule has 46 heavy (non-hydrogen) atoms. The van der Waals surface area contributed by atoms with Crippen LogP contribution in [0.5, 0.6) is 0 Å². The average molecular weight is 639 g/mol. The summed E-state index contributed by atoms with van der Waals surface area (Å²) in [5.74, 6) is -0.748.